The lowest BCUT2D eigenvalue weighted by atomic mass is 9.83. The Bertz CT molecular complexity index is 404. The number of hydrogen-bond acceptors (Lipinski definition) is 2. The van der Waals surface area contributed by atoms with Crippen LogP contribution in [0.1, 0.15) is 50.8 Å². The molecule has 0 bridgehead atoms. The molecule has 0 spiro atoms. The van der Waals surface area contributed by atoms with Gasteiger partial charge in [0.2, 0.25) is 0 Å². The van der Waals surface area contributed by atoms with E-state index in [-0.39, 0.29) is 11.5 Å². The van der Waals surface area contributed by atoms with Gasteiger partial charge in [0.1, 0.15) is 5.75 Å². The molecule has 0 saturated carbocycles. The van der Waals surface area contributed by atoms with Crippen LogP contribution >= 0.6 is 0 Å². The Balaban J connectivity index is 3.22. The molecule has 0 aliphatic rings. The Morgan fingerprint density at radius 1 is 1.28 bits per heavy atom. The average Bonchev–Trinajstić information content (AvgIpc) is 2.27. The second-order valence-corrected chi connectivity index (χ2v) is 6.12. The van der Waals surface area contributed by atoms with Gasteiger partial charge >= 0.3 is 0 Å². The number of hydrogen-bond donors (Lipinski definition) is 1. The standard InChI is InChI=1S/C16H27NO/c1-7-13(17)9-12-8-11(2)15(18-6)14(10-12)16(3,4)5/h8,10,13H,7,9,17H2,1-6H3. The van der Waals surface area contributed by atoms with Crippen LogP contribution in [0.15, 0.2) is 12.1 Å². The van der Waals surface area contributed by atoms with E-state index in [9.17, 15) is 0 Å². The summed E-state index contributed by atoms with van der Waals surface area (Å²) in [5.41, 5.74) is 9.92. The maximum Gasteiger partial charge on any atom is 0.125 e. The van der Waals surface area contributed by atoms with Crippen LogP contribution < -0.4 is 10.5 Å². The van der Waals surface area contributed by atoms with Crippen molar-refractivity contribution >= 4 is 0 Å². The van der Waals surface area contributed by atoms with Gasteiger partial charge in [0.15, 0.2) is 0 Å². The van der Waals surface area contributed by atoms with Crippen LogP contribution in [0.3, 0.4) is 0 Å². The number of rotatable bonds is 4. The van der Waals surface area contributed by atoms with E-state index in [1.807, 2.05) is 0 Å². The molecule has 1 aromatic rings. The minimum absolute atomic E-state index is 0.0857. The summed E-state index contributed by atoms with van der Waals surface area (Å²) in [4.78, 5) is 0. The lowest BCUT2D eigenvalue weighted by molar-refractivity contribution is 0.394. The summed E-state index contributed by atoms with van der Waals surface area (Å²) in [5.74, 6) is 1.01. The van der Waals surface area contributed by atoms with E-state index < -0.39 is 0 Å². The lowest BCUT2D eigenvalue weighted by Gasteiger charge is -2.25. The van der Waals surface area contributed by atoms with Crippen LogP contribution in [0.4, 0.5) is 0 Å². The Labute approximate surface area is 112 Å². The van der Waals surface area contributed by atoms with E-state index in [0.717, 1.165) is 18.6 Å². The van der Waals surface area contributed by atoms with Gasteiger partial charge in [0.05, 0.1) is 7.11 Å². The minimum atomic E-state index is 0.0857. The second-order valence-electron chi connectivity index (χ2n) is 6.12. The molecule has 2 N–H and O–H groups in total. The predicted octanol–water partition coefficient (Wildman–Crippen LogP) is 3.58. The molecule has 0 aliphatic heterocycles. The number of benzene rings is 1. The Morgan fingerprint density at radius 2 is 1.89 bits per heavy atom. The van der Waals surface area contributed by atoms with E-state index in [1.54, 1.807) is 7.11 Å². The van der Waals surface area contributed by atoms with Crippen molar-refractivity contribution < 1.29 is 4.74 Å². The summed E-state index contributed by atoms with van der Waals surface area (Å²) < 4.78 is 5.56. The molecule has 0 aromatic heterocycles. The number of aryl methyl sites for hydroxylation is 1. The van der Waals surface area contributed by atoms with Crippen molar-refractivity contribution in [3.8, 4) is 5.75 Å². The van der Waals surface area contributed by atoms with E-state index in [4.69, 9.17) is 10.5 Å². The van der Waals surface area contributed by atoms with Crippen LogP contribution in [-0.4, -0.2) is 13.2 Å². The molecule has 102 valence electrons. The van der Waals surface area contributed by atoms with Gasteiger partial charge in [-0.3, -0.25) is 0 Å². The van der Waals surface area contributed by atoms with Gasteiger partial charge in [-0.05, 0) is 36.3 Å². The van der Waals surface area contributed by atoms with Gasteiger partial charge in [-0.25, -0.2) is 0 Å². The van der Waals surface area contributed by atoms with E-state index >= 15 is 0 Å². The predicted molar refractivity (Wildman–Crippen MR) is 78.4 cm³/mol. The summed E-state index contributed by atoms with van der Waals surface area (Å²) in [6.07, 6.45) is 1.94. The highest BCUT2D eigenvalue weighted by Gasteiger charge is 2.21. The zero-order valence-electron chi connectivity index (χ0n) is 12.6. The smallest absolute Gasteiger partial charge is 0.125 e. The number of ether oxygens (including phenoxy) is 1. The van der Waals surface area contributed by atoms with Gasteiger partial charge in [0.25, 0.3) is 0 Å². The molecule has 2 heteroatoms. The molecule has 2 nitrogen and oxygen atoms in total. The van der Waals surface area contributed by atoms with E-state index in [2.05, 4.69) is 46.8 Å². The first-order chi connectivity index (χ1) is 8.29. The van der Waals surface area contributed by atoms with Crippen LogP contribution in [0, 0.1) is 6.92 Å². The average molecular weight is 249 g/mol. The first-order valence-corrected chi connectivity index (χ1v) is 6.73. The van der Waals surface area contributed by atoms with Crippen LogP contribution in [-0.2, 0) is 11.8 Å². The third-order valence-corrected chi connectivity index (χ3v) is 3.37. The van der Waals surface area contributed by atoms with Crippen LogP contribution in [0.5, 0.6) is 5.75 Å². The van der Waals surface area contributed by atoms with Gasteiger partial charge in [-0.2, -0.15) is 0 Å². The van der Waals surface area contributed by atoms with Crippen LogP contribution in [0.25, 0.3) is 0 Å². The molecule has 0 radical (unpaired) electrons. The van der Waals surface area contributed by atoms with Crippen molar-refractivity contribution in [3.63, 3.8) is 0 Å². The van der Waals surface area contributed by atoms with E-state index in [1.165, 1.54) is 16.7 Å². The topological polar surface area (TPSA) is 35.2 Å². The van der Waals surface area contributed by atoms with Crippen molar-refractivity contribution in [2.24, 2.45) is 5.73 Å². The zero-order valence-corrected chi connectivity index (χ0v) is 12.6. The molecule has 1 atom stereocenters. The normalized spacial score (nSPS) is 13.5. The second kappa shape index (κ2) is 5.75. The van der Waals surface area contributed by atoms with Crippen molar-refractivity contribution in [1.82, 2.24) is 0 Å². The van der Waals surface area contributed by atoms with Gasteiger partial charge in [-0.1, -0.05) is 39.8 Å². The molecular weight excluding hydrogens is 222 g/mol. The lowest BCUT2D eigenvalue weighted by Crippen LogP contribution is -2.22. The summed E-state index contributed by atoms with van der Waals surface area (Å²) in [7, 11) is 1.75. The van der Waals surface area contributed by atoms with Crippen LogP contribution in [0.2, 0.25) is 0 Å². The Kier molecular flexibility index (Phi) is 4.80. The van der Waals surface area contributed by atoms with Crippen molar-refractivity contribution in [2.75, 3.05) is 7.11 Å². The fourth-order valence-electron chi connectivity index (χ4n) is 2.24. The Hall–Kier alpha value is -1.02. The quantitative estimate of drug-likeness (QED) is 0.885. The number of methoxy groups -OCH3 is 1. The highest BCUT2D eigenvalue weighted by molar-refractivity contribution is 5.47. The van der Waals surface area contributed by atoms with Gasteiger partial charge in [0, 0.05) is 11.6 Å². The third-order valence-electron chi connectivity index (χ3n) is 3.37. The van der Waals surface area contributed by atoms with Gasteiger partial charge < -0.3 is 10.5 Å². The molecule has 1 aromatic carbocycles. The highest BCUT2D eigenvalue weighted by atomic mass is 16.5. The molecule has 1 unspecified atom stereocenters. The fraction of sp³-hybridized carbons (Fsp3) is 0.625. The summed E-state index contributed by atoms with van der Waals surface area (Å²) in [5, 5.41) is 0. The molecule has 0 fully saturated rings. The van der Waals surface area contributed by atoms with Crippen molar-refractivity contribution in [2.45, 2.75) is 58.9 Å². The SMILES string of the molecule is CCC(N)Cc1cc(C)c(OC)c(C(C)(C)C)c1. The molecule has 1 rings (SSSR count). The fourth-order valence-corrected chi connectivity index (χ4v) is 2.24. The minimum Gasteiger partial charge on any atom is -0.496 e. The van der Waals surface area contributed by atoms with Crippen molar-refractivity contribution in [3.05, 3.63) is 28.8 Å². The maximum absolute atomic E-state index is 6.05. The largest absolute Gasteiger partial charge is 0.496 e. The third kappa shape index (κ3) is 3.49. The molecule has 0 heterocycles. The maximum atomic E-state index is 6.05. The van der Waals surface area contributed by atoms with Crippen molar-refractivity contribution in [1.29, 1.82) is 0 Å². The monoisotopic (exact) mass is 249 g/mol. The molecule has 0 saturated heterocycles. The zero-order chi connectivity index (χ0) is 13.9. The Morgan fingerprint density at radius 3 is 2.33 bits per heavy atom. The summed E-state index contributed by atoms with van der Waals surface area (Å²) in [6, 6.07) is 4.69. The number of nitrogens with two attached hydrogens (primary N) is 1. The molecular formula is C16H27NO. The summed E-state index contributed by atoms with van der Waals surface area (Å²) >= 11 is 0. The molecule has 18 heavy (non-hydrogen) atoms. The molecule has 0 aliphatic carbocycles. The van der Waals surface area contributed by atoms with E-state index in [0.29, 0.717) is 0 Å². The summed E-state index contributed by atoms with van der Waals surface area (Å²) in [6.45, 7) is 10.9. The molecule has 0 amide bonds. The first-order valence-electron chi connectivity index (χ1n) is 6.73. The van der Waals surface area contributed by atoms with Gasteiger partial charge in [-0.15, -0.1) is 0 Å². The highest BCUT2D eigenvalue weighted by Crippen LogP contribution is 2.35. The first kappa shape index (κ1) is 15.0.